The molecule has 0 aliphatic rings. The molecule has 0 aliphatic heterocycles. The third-order valence-electron chi connectivity index (χ3n) is 1.80. The van der Waals surface area contributed by atoms with Crippen LogP contribution in [0, 0.1) is 5.92 Å². The van der Waals surface area contributed by atoms with Gasteiger partial charge < -0.3 is 10.2 Å². The molecule has 4 nitrogen and oxygen atoms in total. The molecule has 1 aromatic rings. The van der Waals surface area contributed by atoms with Crippen LogP contribution >= 0.6 is 11.8 Å². The lowest BCUT2D eigenvalue weighted by molar-refractivity contribution is -0.435. The van der Waals surface area contributed by atoms with E-state index in [0.29, 0.717) is 17.0 Å². The van der Waals surface area contributed by atoms with Gasteiger partial charge in [-0.3, -0.25) is 0 Å². The summed E-state index contributed by atoms with van der Waals surface area (Å²) < 4.78 is 5.46. The molecule has 0 aromatic carbocycles. The Kier molecular flexibility index (Phi) is 4.41. The Hall–Kier alpha value is -0.550. The van der Waals surface area contributed by atoms with Crippen molar-refractivity contribution in [3.05, 3.63) is 5.89 Å². The fourth-order valence-electron chi connectivity index (χ4n) is 1.24. The summed E-state index contributed by atoms with van der Waals surface area (Å²) in [4.78, 5) is 0. The van der Waals surface area contributed by atoms with Crippen molar-refractivity contribution in [1.29, 1.82) is 0 Å². The highest BCUT2D eigenvalue weighted by atomic mass is 32.2. The van der Waals surface area contributed by atoms with Gasteiger partial charge in [0.25, 0.3) is 11.1 Å². The summed E-state index contributed by atoms with van der Waals surface area (Å²) in [5.74, 6) is 2.22. The Morgan fingerprint density at radius 3 is 2.71 bits per heavy atom. The second kappa shape index (κ2) is 5.36. The van der Waals surface area contributed by atoms with Gasteiger partial charge in [0.2, 0.25) is 0 Å². The molecule has 0 spiro atoms. The van der Waals surface area contributed by atoms with E-state index in [0.717, 1.165) is 12.2 Å². The van der Waals surface area contributed by atoms with Crippen LogP contribution in [0.1, 0.15) is 39.1 Å². The lowest BCUT2D eigenvalue weighted by Gasteiger charge is -2.05. The van der Waals surface area contributed by atoms with E-state index in [1.807, 2.05) is 0 Å². The summed E-state index contributed by atoms with van der Waals surface area (Å²) in [6.07, 6.45) is 0.985. The van der Waals surface area contributed by atoms with Crippen LogP contribution in [0.5, 0.6) is 0 Å². The van der Waals surface area contributed by atoms with Gasteiger partial charge in [-0.15, -0.1) is 10.2 Å². The molecule has 0 fully saturated rings. The molecule has 0 bridgehead atoms. The van der Waals surface area contributed by atoms with E-state index < -0.39 is 0 Å². The zero-order chi connectivity index (χ0) is 10.6. The highest BCUT2D eigenvalue weighted by molar-refractivity contribution is 7.99. The van der Waals surface area contributed by atoms with Gasteiger partial charge in [0, 0.05) is 6.42 Å². The Bertz CT molecular complexity index is 275. The van der Waals surface area contributed by atoms with E-state index in [9.17, 15) is 0 Å². The summed E-state index contributed by atoms with van der Waals surface area (Å²) >= 11 is 1.56. The van der Waals surface area contributed by atoms with Crippen LogP contribution in [-0.4, -0.2) is 16.0 Å². The van der Waals surface area contributed by atoms with Crippen molar-refractivity contribution >= 4 is 11.8 Å². The molecule has 0 radical (unpaired) electrons. The first-order valence-corrected chi connectivity index (χ1v) is 5.91. The molecule has 0 unspecified atom stereocenters. The quantitative estimate of drug-likeness (QED) is 0.758. The normalized spacial score (nSPS) is 13.5. The number of nitrogens with zero attached hydrogens (tertiary/aromatic N) is 2. The monoisotopic (exact) mass is 216 g/mol. The molecular formula is C9H18N3OS+. The largest absolute Gasteiger partial charge is 0.410 e. The zero-order valence-electron chi connectivity index (χ0n) is 8.99. The molecule has 5 heteroatoms. The minimum atomic E-state index is 0.119. The van der Waals surface area contributed by atoms with Crippen LogP contribution in [0.15, 0.2) is 9.64 Å². The molecule has 14 heavy (non-hydrogen) atoms. The van der Waals surface area contributed by atoms with E-state index in [-0.39, 0.29) is 6.04 Å². The van der Waals surface area contributed by atoms with Crippen LogP contribution < -0.4 is 5.73 Å². The topological polar surface area (TPSA) is 66.6 Å². The number of hydrogen-bond donors (Lipinski definition) is 1. The van der Waals surface area contributed by atoms with Crippen molar-refractivity contribution in [2.45, 2.75) is 38.5 Å². The van der Waals surface area contributed by atoms with Gasteiger partial charge in [-0.2, -0.15) is 0 Å². The predicted octanol–water partition coefficient (Wildman–Crippen LogP) is 1.51. The highest BCUT2D eigenvalue weighted by Gasteiger charge is 2.18. The summed E-state index contributed by atoms with van der Waals surface area (Å²) in [6, 6.07) is 0.119. The molecule has 3 N–H and O–H groups in total. The number of quaternary nitrogens is 1. The van der Waals surface area contributed by atoms with E-state index >= 15 is 0 Å². The zero-order valence-corrected chi connectivity index (χ0v) is 9.80. The SMILES string of the molecule is CCSc1nnc([C@@H]([NH3+])CC(C)C)o1. The van der Waals surface area contributed by atoms with Crippen LogP contribution in [0.4, 0.5) is 0 Å². The lowest BCUT2D eigenvalue weighted by atomic mass is 10.1. The van der Waals surface area contributed by atoms with Gasteiger partial charge in [0.05, 0.1) is 0 Å². The van der Waals surface area contributed by atoms with Crippen molar-refractivity contribution in [1.82, 2.24) is 10.2 Å². The smallest absolute Gasteiger partial charge is 0.276 e. The fraction of sp³-hybridized carbons (Fsp3) is 0.778. The van der Waals surface area contributed by atoms with Crippen LogP contribution in [-0.2, 0) is 0 Å². The molecule has 1 heterocycles. The van der Waals surface area contributed by atoms with Crippen molar-refractivity contribution in [2.24, 2.45) is 5.92 Å². The number of hydrogen-bond acceptors (Lipinski definition) is 4. The summed E-state index contributed by atoms with van der Waals surface area (Å²) in [5.41, 5.74) is 4.02. The molecule has 1 aromatic heterocycles. The lowest BCUT2D eigenvalue weighted by Crippen LogP contribution is -2.54. The van der Waals surface area contributed by atoms with Gasteiger partial charge in [0.1, 0.15) is 0 Å². The molecule has 1 rings (SSSR count). The Morgan fingerprint density at radius 1 is 1.43 bits per heavy atom. The third-order valence-corrected chi connectivity index (χ3v) is 2.50. The van der Waals surface area contributed by atoms with E-state index in [1.54, 1.807) is 11.8 Å². The standard InChI is InChI=1S/C9H17N3OS/c1-4-14-9-12-11-8(13-9)7(10)5-6(2)3/h6-7H,4-5,10H2,1-3H3/p+1/t7-/m0/s1. The molecule has 80 valence electrons. The molecule has 0 amide bonds. The van der Waals surface area contributed by atoms with E-state index in [2.05, 4.69) is 36.7 Å². The number of thioether (sulfide) groups is 1. The molecule has 0 aliphatic carbocycles. The van der Waals surface area contributed by atoms with Gasteiger partial charge in [-0.05, 0) is 11.7 Å². The first-order valence-electron chi connectivity index (χ1n) is 4.92. The van der Waals surface area contributed by atoms with Crippen LogP contribution in [0.25, 0.3) is 0 Å². The average molecular weight is 216 g/mol. The van der Waals surface area contributed by atoms with E-state index in [4.69, 9.17) is 4.42 Å². The fourth-order valence-corrected chi connectivity index (χ4v) is 1.73. The predicted molar refractivity (Wildman–Crippen MR) is 55.8 cm³/mol. The summed E-state index contributed by atoms with van der Waals surface area (Å²) in [6.45, 7) is 6.39. The van der Waals surface area contributed by atoms with Crippen molar-refractivity contribution < 1.29 is 10.2 Å². The average Bonchev–Trinajstić information content (AvgIpc) is 2.52. The summed E-state index contributed by atoms with van der Waals surface area (Å²) in [7, 11) is 0. The molecule has 1 atom stereocenters. The Morgan fingerprint density at radius 2 is 2.14 bits per heavy atom. The maximum Gasteiger partial charge on any atom is 0.276 e. The second-order valence-electron chi connectivity index (χ2n) is 3.67. The van der Waals surface area contributed by atoms with E-state index in [1.165, 1.54) is 0 Å². The van der Waals surface area contributed by atoms with Crippen molar-refractivity contribution in [2.75, 3.05) is 5.75 Å². The molecular weight excluding hydrogens is 198 g/mol. The van der Waals surface area contributed by atoms with Crippen LogP contribution in [0.2, 0.25) is 0 Å². The first kappa shape index (κ1) is 11.5. The second-order valence-corrected chi connectivity index (χ2v) is 4.88. The van der Waals surface area contributed by atoms with Gasteiger partial charge in [0.15, 0.2) is 6.04 Å². The molecule has 0 saturated heterocycles. The maximum absolute atomic E-state index is 5.46. The minimum absolute atomic E-state index is 0.119. The maximum atomic E-state index is 5.46. The number of rotatable bonds is 5. The van der Waals surface area contributed by atoms with Crippen molar-refractivity contribution in [3.63, 3.8) is 0 Å². The first-order chi connectivity index (χ1) is 6.63. The van der Waals surface area contributed by atoms with Gasteiger partial charge in [-0.25, -0.2) is 0 Å². The molecule has 0 saturated carbocycles. The van der Waals surface area contributed by atoms with Crippen LogP contribution in [0.3, 0.4) is 0 Å². The highest BCUT2D eigenvalue weighted by Crippen LogP contribution is 2.20. The Balaban J connectivity index is 2.57. The Labute approximate surface area is 88.7 Å². The number of aromatic nitrogens is 2. The van der Waals surface area contributed by atoms with Crippen molar-refractivity contribution in [3.8, 4) is 0 Å². The summed E-state index contributed by atoms with van der Waals surface area (Å²) in [5, 5.41) is 8.58. The van der Waals surface area contributed by atoms with Gasteiger partial charge in [-0.1, -0.05) is 32.5 Å². The third kappa shape index (κ3) is 3.31. The minimum Gasteiger partial charge on any atom is -0.410 e. The van der Waals surface area contributed by atoms with Gasteiger partial charge >= 0.3 is 0 Å².